The molecule has 0 aliphatic rings. The van der Waals surface area contributed by atoms with Gasteiger partial charge in [0.05, 0.1) is 0 Å². The molecule has 2 rings (SSSR count). The number of rotatable bonds is 0. The van der Waals surface area contributed by atoms with Crippen molar-refractivity contribution in [3.63, 3.8) is 0 Å². The molecule has 1 aromatic carbocycles. The van der Waals surface area contributed by atoms with Crippen LogP contribution in [0.5, 0.6) is 0 Å². The zero-order valence-electron chi connectivity index (χ0n) is 5.80. The highest BCUT2D eigenvalue weighted by molar-refractivity contribution is 14.1. The number of halogens is 1. The van der Waals surface area contributed by atoms with E-state index in [0.29, 0.717) is 0 Å². The Balaban J connectivity index is 2.82. The van der Waals surface area contributed by atoms with Gasteiger partial charge in [0.2, 0.25) is 0 Å². The van der Waals surface area contributed by atoms with E-state index in [4.69, 9.17) is 4.42 Å². The van der Waals surface area contributed by atoms with Gasteiger partial charge in [-0.2, -0.15) is 0 Å². The number of benzene rings is 1. The quantitative estimate of drug-likeness (QED) is 0.660. The van der Waals surface area contributed by atoms with Crippen LogP contribution in [0, 0.1) is 10.5 Å². The van der Waals surface area contributed by atoms with Crippen molar-refractivity contribution in [1.82, 2.24) is 0 Å². The van der Waals surface area contributed by atoms with Gasteiger partial charge in [-0.25, -0.2) is 0 Å². The Morgan fingerprint density at radius 3 is 2.91 bits per heavy atom. The normalized spacial score (nSPS) is 10.7. The van der Waals surface area contributed by atoms with E-state index in [1.165, 1.54) is 3.57 Å². The fourth-order valence-electron chi connectivity index (χ4n) is 1.06. The molecule has 0 amide bonds. The van der Waals surface area contributed by atoms with Gasteiger partial charge in [0, 0.05) is 15.9 Å². The second-order valence-electron chi connectivity index (χ2n) is 2.39. The number of fused-ring (bicyclic) bond motifs is 1. The Kier molecular flexibility index (Phi) is 1.64. The third-order valence-electron chi connectivity index (χ3n) is 1.53. The molecule has 0 N–H and O–H groups in total. The van der Waals surface area contributed by atoms with Crippen LogP contribution in [0.3, 0.4) is 0 Å². The van der Waals surface area contributed by atoms with E-state index < -0.39 is 0 Å². The van der Waals surface area contributed by atoms with E-state index in [9.17, 15) is 0 Å². The smallest absolute Gasteiger partial charge is 0.135 e. The third-order valence-corrected chi connectivity index (χ3v) is 2.20. The van der Waals surface area contributed by atoms with E-state index in [0.717, 1.165) is 16.7 Å². The van der Waals surface area contributed by atoms with E-state index in [1.54, 1.807) is 0 Å². The molecule has 1 radical (unpaired) electrons. The highest BCUT2D eigenvalue weighted by atomic mass is 127. The minimum Gasteiger partial charge on any atom is -0.461 e. The van der Waals surface area contributed by atoms with Gasteiger partial charge >= 0.3 is 0 Å². The summed E-state index contributed by atoms with van der Waals surface area (Å²) < 4.78 is 6.52. The SMILES string of the molecule is [CH2]c1cc2ccc(I)cc2o1. The van der Waals surface area contributed by atoms with Crippen molar-refractivity contribution in [1.29, 1.82) is 0 Å². The van der Waals surface area contributed by atoms with Crippen LogP contribution in [0.15, 0.2) is 28.7 Å². The summed E-state index contributed by atoms with van der Waals surface area (Å²) in [5.41, 5.74) is 0.918. The van der Waals surface area contributed by atoms with Gasteiger partial charge in [0.25, 0.3) is 0 Å². The average molecular weight is 257 g/mol. The van der Waals surface area contributed by atoms with Gasteiger partial charge in [0.1, 0.15) is 11.3 Å². The van der Waals surface area contributed by atoms with Gasteiger partial charge in [-0.15, -0.1) is 0 Å². The molecule has 1 nitrogen and oxygen atoms in total. The van der Waals surface area contributed by atoms with Crippen LogP contribution in [0.25, 0.3) is 11.0 Å². The van der Waals surface area contributed by atoms with Crippen molar-refractivity contribution in [2.45, 2.75) is 0 Å². The molecule has 0 aliphatic heterocycles. The summed E-state index contributed by atoms with van der Waals surface area (Å²) in [7, 11) is 0. The lowest BCUT2D eigenvalue weighted by Gasteiger charge is -1.87. The topological polar surface area (TPSA) is 13.1 Å². The van der Waals surface area contributed by atoms with Crippen LogP contribution in [0.1, 0.15) is 5.76 Å². The van der Waals surface area contributed by atoms with Gasteiger partial charge in [-0.3, -0.25) is 0 Å². The first kappa shape index (κ1) is 7.16. The van der Waals surface area contributed by atoms with Gasteiger partial charge < -0.3 is 4.42 Å². The minimum atomic E-state index is 0.724. The predicted octanol–water partition coefficient (Wildman–Crippen LogP) is 3.22. The second-order valence-corrected chi connectivity index (χ2v) is 3.64. The molecule has 0 fully saturated rings. The van der Waals surface area contributed by atoms with Crippen molar-refractivity contribution in [2.24, 2.45) is 0 Å². The summed E-state index contributed by atoms with van der Waals surface area (Å²) in [4.78, 5) is 0. The number of hydrogen-bond donors (Lipinski definition) is 0. The summed E-state index contributed by atoms with van der Waals surface area (Å²) in [5.74, 6) is 0.724. The molecule has 0 saturated carbocycles. The molecule has 0 saturated heterocycles. The highest BCUT2D eigenvalue weighted by Gasteiger charge is 1.98. The van der Waals surface area contributed by atoms with Crippen molar-refractivity contribution < 1.29 is 4.42 Å². The monoisotopic (exact) mass is 257 g/mol. The molecule has 1 aromatic heterocycles. The summed E-state index contributed by atoms with van der Waals surface area (Å²) in [6, 6.07) is 8.03. The lowest BCUT2D eigenvalue weighted by molar-refractivity contribution is 0.595. The van der Waals surface area contributed by atoms with Gasteiger partial charge in [-0.05, 0) is 40.8 Å². The molecule has 2 aromatic rings. The standard InChI is InChI=1S/C9H6IO/c1-6-4-7-2-3-8(10)5-9(7)11-6/h2-5H,1H2. The van der Waals surface area contributed by atoms with Gasteiger partial charge in [-0.1, -0.05) is 6.07 Å². The Hall–Kier alpha value is -0.510. The van der Waals surface area contributed by atoms with Crippen molar-refractivity contribution in [3.05, 3.63) is 40.5 Å². The summed E-state index contributed by atoms with van der Waals surface area (Å²) >= 11 is 2.26. The molecule has 0 spiro atoms. The summed E-state index contributed by atoms with van der Waals surface area (Å²) in [6.45, 7) is 3.72. The van der Waals surface area contributed by atoms with E-state index in [-0.39, 0.29) is 0 Å². The minimum absolute atomic E-state index is 0.724. The van der Waals surface area contributed by atoms with Gasteiger partial charge in [0.15, 0.2) is 0 Å². The lowest BCUT2D eigenvalue weighted by atomic mass is 10.2. The first-order valence-corrected chi connectivity index (χ1v) is 4.34. The molecule has 2 heteroatoms. The van der Waals surface area contributed by atoms with Crippen LogP contribution < -0.4 is 0 Å². The Morgan fingerprint density at radius 2 is 2.09 bits per heavy atom. The maximum absolute atomic E-state index is 5.33. The fraction of sp³-hybridized carbons (Fsp3) is 0. The van der Waals surface area contributed by atoms with Crippen LogP contribution >= 0.6 is 22.6 Å². The molecule has 55 valence electrons. The zero-order valence-corrected chi connectivity index (χ0v) is 7.96. The Labute approximate surface area is 78.5 Å². The number of hydrogen-bond acceptors (Lipinski definition) is 1. The Bertz CT molecular complexity index is 389. The molecule has 0 aliphatic carbocycles. The summed E-state index contributed by atoms with van der Waals surface area (Å²) in [6.07, 6.45) is 0. The van der Waals surface area contributed by atoms with E-state index in [2.05, 4.69) is 35.6 Å². The van der Waals surface area contributed by atoms with Crippen molar-refractivity contribution in [2.75, 3.05) is 0 Å². The molecule has 0 bridgehead atoms. The average Bonchev–Trinajstić information content (AvgIpc) is 2.27. The van der Waals surface area contributed by atoms with E-state index >= 15 is 0 Å². The molecule has 11 heavy (non-hydrogen) atoms. The maximum Gasteiger partial charge on any atom is 0.135 e. The van der Waals surface area contributed by atoms with Crippen molar-refractivity contribution in [3.8, 4) is 0 Å². The second kappa shape index (κ2) is 2.52. The third kappa shape index (κ3) is 1.27. The molecular formula is C9H6IO. The van der Waals surface area contributed by atoms with Crippen LogP contribution in [0.2, 0.25) is 0 Å². The zero-order chi connectivity index (χ0) is 7.84. The molecule has 0 unspecified atom stereocenters. The molecule has 0 atom stereocenters. The molecule has 1 heterocycles. The Morgan fingerprint density at radius 1 is 1.27 bits per heavy atom. The molecular weight excluding hydrogens is 251 g/mol. The van der Waals surface area contributed by atoms with Crippen LogP contribution in [0.4, 0.5) is 0 Å². The van der Waals surface area contributed by atoms with Crippen LogP contribution in [-0.4, -0.2) is 0 Å². The maximum atomic E-state index is 5.33. The fourth-order valence-corrected chi connectivity index (χ4v) is 1.52. The number of furan rings is 1. The first-order valence-electron chi connectivity index (χ1n) is 3.27. The van der Waals surface area contributed by atoms with Crippen LogP contribution in [-0.2, 0) is 0 Å². The van der Waals surface area contributed by atoms with E-state index in [1.807, 2.05) is 18.2 Å². The lowest BCUT2D eigenvalue weighted by Crippen LogP contribution is -1.66. The predicted molar refractivity (Wildman–Crippen MR) is 53.4 cm³/mol. The highest BCUT2D eigenvalue weighted by Crippen LogP contribution is 2.20. The largest absolute Gasteiger partial charge is 0.461 e. The first-order chi connectivity index (χ1) is 5.25. The summed E-state index contributed by atoms with van der Waals surface area (Å²) in [5, 5.41) is 1.12. The van der Waals surface area contributed by atoms with Crippen molar-refractivity contribution >= 4 is 33.6 Å².